The number of carbonyl (C=O) groups is 1. The van der Waals surface area contributed by atoms with Gasteiger partial charge in [-0.05, 0) is 35.0 Å². The number of aliphatic carboxylic acids is 1. The van der Waals surface area contributed by atoms with Gasteiger partial charge in [0.05, 0.1) is 4.47 Å². The van der Waals surface area contributed by atoms with E-state index >= 15 is 0 Å². The van der Waals surface area contributed by atoms with Gasteiger partial charge >= 0.3 is 5.97 Å². The third kappa shape index (κ3) is 2.69. The van der Waals surface area contributed by atoms with Crippen LogP contribution in [0.5, 0.6) is 0 Å². The van der Waals surface area contributed by atoms with Gasteiger partial charge in [0, 0.05) is 6.20 Å². The number of anilines is 1. The molecule has 0 radical (unpaired) electrons. The second kappa shape index (κ2) is 4.23. The summed E-state index contributed by atoms with van der Waals surface area (Å²) in [5.41, 5.74) is 0. The number of carboxylic acids is 1. The molecule has 1 rings (SSSR count). The summed E-state index contributed by atoms with van der Waals surface area (Å²) in [6, 6.07) is 2.91. The summed E-state index contributed by atoms with van der Waals surface area (Å²) in [5.74, 6) is -0.366. The first-order valence-corrected chi connectivity index (χ1v) is 4.50. The highest BCUT2D eigenvalue weighted by Gasteiger charge is 2.11. The molecular weight excluding hydrogens is 236 g/mol. The maximum atomic E-state index is 10.5. The fourth-order valence-corrected chi connectivity index (χ4v) is 1.13. The molecule has 0 amide bonds. The number of hydrogen-bond acceptors (Lipinski definition) is 3. The number of rotatable bonds is 3. The fraction of sp³-hybridized carbons (Fsp3) is 0.250. The van der Waals surface area contributed by atoms with Gasteiger partial charge in [0.1, 0.15) is 11.9 Å². The Hall–Kier alpha value is -1.10. The predicted molar refractivity (Wildman–Crippen MR) is 52.7 cm³/mol. The molecule has 1 atom stereocenters. The zero-order valence-electron chi connectivity index (χ0n) is 6.99. The van der Waals surface area contributed by atoms with Crippen LogP contribution >= 0.6 is 15.9 Å². The van der Waals surface area contributed by atoms with Gasteiger partial charge in [0.25, 0.3) is 0 Å². The summed E-state index contributed by atoms with van der Waals surface area (Å²) in [6.07, 6.45) is 1.60. The third-order valence-corrected chi connectivity index (χ3v) is 2.12. The van der Waals surface area contributed by atoms with Gasteiger partial charge in [0.2, 0.25) is 0 Å². The molecule has 13 heavy (non-hydrogen) atoms. The largest absolute Gasteiger partial charge is 0.480 e. The Morgan fingerprint density at radius 2 is 2.46 bits per heavy atom. The normalized spacial score (nSPS) is 12.2. The highest BCUT2D eigenvalue weighted by atomic mass is 79.9. The molecule has 0 bridgehead atoms. The molecule has 1 heterocycles. The van der Waals surface area contributed by atoms with Crippen LogP contribution < -0.4 is 5.32 Å². The quantitative estimate of drug-likeness (QED) is 0.851. The number of hydrogen-bond donors (Lipinski definition) is 2. The van der Waals surface area contributed by atoms with Gasteiger partial charge in [-0.2, -0.15) is 0 Å². The Morgan fingerprint density at radius 3 is 3.00 bits per heavy atom. The van der Waals surface area contributed by atoms with Crippen LogP contribution in [0, 0.1) is 0 Å². The molecule has 0 spiro atoms. The lowest BCUT2D eigenvalue weighted by molar-refractivity contribution is -0.137. The smallest absolute Gasteiger partial charge is 0.325 e. The Kier molecular flexibility index (Phi) is 3.25. The van der Waals surface area contributed by atoms with E-state index in [-0.39, 0.29) is 0 Å². The number of carboxylic acid groups (broad SMARTS) is 1. The lowest BCUT2D eigenvalue weighted by Crippen LogP contribution is -2.25. The van der Waals surface area contributed by atoms with E-state index in [0.717, 1.165) is 4.47 Å². The molecule has 0 saturated carbocycles. The van der Waals surface area contributed by atoms with Crippen molar-refractivity contribution in [3.05, 3.63) is 22.8 Å². The van der Waals surface area contributed by atoms with E-state index in [4.69, 9.17) is 5.11 Å². The van der Waals surface area contributed by atoms with E-state index in [0.29, 0.717) is 5.82 Å². The summed E-state index contributed by atoms with van der Waals surface area (Å²) in [6.45, 7) is 1.56. The van der Waals surface area contributed by atoms with Crippen LogP contribution in [-0.2, 0) is 4.79 Å². The molecule has 70 valence electrons. The molecule has 0 saturated heterocycles. The van der Waals surface area contributed by atoms with Crippen molar-refractivity contribution in [2.45, 2.75) is 13.0 Å². The van der Waals surface area contributed by atoms with Crippen LogP contribution in [0.25, 0.3) is 0 Å². The predicted octanol–water partition coefficient (Wildman–Crippen LogP) is 1.73. The van der Waals surface area contributed by atoms with Gasteiger partial charge < -0.3 is 10.4 Å². The fourth-order valence-electron chi connectivity index (χ4n) is 0.759. The first-order chi connectivity index (χ1) is 6.11. The Labute approximate surface area is 84.1 Å². The number of nitrogens with zero attached hydrogens (tertiary/aromatic N) is 1. The van der Waals surface area contributed by atoms with E-state index in [2.05, 4.69) is 26.2 Å². The minimum atomic E-state index is -0.905. The van der Waals surface area contributed by atoms with E-state index in [1.807, 2.05) is 0 Å². The van der Waals surface area contributed by atoms with Crippen molar-refractivity contribution in [2.75, 3.05) is 5.32 Å². The molecule has 0 aliphatic carbocycles. The number of pyridine rings is 1. The third-order valence-electron chi connectivity index (χ3n) is 1.48. The first-order valence-electron chi connectivity index (χ1n) is 3.71. The van der Waals surface area contributed by atoms with Crippen molar-refractivity contribution in [3.63, 3.8) is 0 Å². The lowest BCUT2D eigenvalue weighted by Gasteiger charge is -2.10. The molecule has 1 aromatic rings. The minimum absolute atomic E-state index is 0.539. The molecule has 0 fully saturated rings. The van der Waals surface area contributed by atoms with Crippen LogP contribution in [0.3, 0.4) is 0 Å². The maximum absolute atomic E-state index is 10.5. The molecule has 4 nitrogen and oxygen atoms in total. The molecule has 5 heteroatoms. The van der Waals surface area contributed by atoms with Crippen molar-refractivity contribution in [2.24, 2.45) is 0 Å². The van der Waals surface area contributed by atoms with E-state index in [1.54, 1.807) is 25.3 Å². The second-order valence-corrected chi connectivity index (χ2v) is 3.39. The lowest BCUT2D eigenvalue weighted by atomic mass is 10.3. The first kappa shape index (κ1) is 9.98. The topological polar surface area (TPSA) is 62.2 Å². The van der Waals surface area contributed by atoms with Crippen molar-refractivity contribution in [1.82, 2.24) is 4.98 Å². The van der Waals surface area contributed by atoms with Gasteiger partial charge in [-0.3, -0.25) is 4.79 Å². The van der Waals surface area contributed by atoms with Gasteiger partial charge in [-0.25, -0.2) is 4.98 Å². The second-order valence-electron chi connectivity index (χ2n) is 2.54. The molecule has 0 aliphatic rings. The van der Waals surface area contributed by atoms with Gasteiger partial charge in [-0.1, -0.05) is 0 Å². The van der Waals surface area contributed by atoms with E-state index in [9.17, 15) is 4.79 Å². The molecular formula is C8H9BrN2O2. The minimum Gasteiger partial charge on any atom is -0.480 e. The highest BCUT2D eigenvalue weighted by Crippen LogP contribution is 2.18. The van der Waals surface area contributed by atoms with Crippen molar-refractivity contribution in [3.8, 4) is 0 Å². The molecule has 2 N–H and O–H groups in total. The number of aromatic nitrogens is 1. The standard InChI is InChI=1S/C8H9BrN2O2/c1-5(8(12)13)11-7-6(9)3-2-4-10-7/h2-5H,1H3,(H,10,11)(H,12,13)/t5-/m1/s1. The SMILES string of the molecule is C[C@@H](Nc1ncccc1Br)C(=O)O. The zero-order chi connectivity index (χ0) is 9.84. The van der Waals surface area contributed by atoms with Gasteiger partial charge in [-0.15, -0.1) is 0 Å². The summed E-state index contributed by atoms with van der Waals surface area (Å²) in [7, 11) is 0. The molecule has 0 aromatic carbocycles. The monoisotopic (exact) mass is 244 g/mol. The van der Waals surface area contributed by atoms with Crippen molar-refractivity contribution >= 4 is 27.7 Å². The van der Waals surface area contributed by atoms with E-state index in [1.165, 1.54) is 0 Å². The Balaban J connectivity index is 2.74. The number of nitrogens with one attached hydrogen (secondary N) is 1. The van der Waals surface area contributed by atoms with Gasteiger partial charge in [0.15, 0.2) is 0 Å². The van der Waals surface area contributed by atoms with E-state index < -0.39 is 12.0 Å². The van der Waals surface area contributed by atoms with Crippen LogP contribution in [0.15, 0.2) is 22.8 Å². The number of halogens is 1. The summed E-state index contributed by atoms with van der Waals surface area (Å²) in [5, 5.41) is 11.4. The van der Waals surface area contributed by atoms with Crippen molar-refractivity contribution < 1.29 is 9.90 Å². The molecule has 0 aliphatic heterocycles. The average molecular weight is 245 g/mol. The van der Waals surface area contributed by atoms with Crippen LogP contribution in [0.1, 0.15) is 6.92 Å². The summed E-state index contributed by atoms with van der Waals surface area (Å²) >= 11 is 3.26. The summed E-state index contributed by atoms with van der Waals surface area (Å²) < 4.78 is 0.753. The Bertz CT molecular complexity index is 317. The van der Waals surface area contributed by atoms with Crippen molar-refractivity contribution in [1.29, 1.82) is 0 Å². The van der Waals surface area contributed by atoms with Crippen LogP contribution in [0.4, 0.5) is 5.82 Å². The van der Waals surface area contributed by atoms with Crippen LogP contribution in [0.2, 0.25) is 0 Å². The molecule has 0 unspecified atom stereocenters. The maximum Gasteiger partial charge on any atom is 0.325 e. The zero-order valence-corrected chi connectivity index (χ0v) is 8.58. The highest BCUT2D eigenvalue weighted by molar-refractivity contribution is 9.10. The Morgan fingerprint density at radius 1 is 1.77 bits per heavy atom. The summed E-state index contributed by atoms with van der Waals surface area (Å²) in [4.78, 5) is 14.5. The van der Waals surface area contributed by atoms with Crippen LogP contribution in [-0.4, -0.2) is 22.1 Å². The molecule has 1 aromatic heterocycles. The average Bonchev–Trinajstić information content (AvgIpc) is 2.08.